The van der Waals surface area contributed by atoms with Crippen molar-refractivity contribution < 1.29 is 14.4 Å². The van der Waals surface area contributed by atoms with Crippen molar-refractivity contribution in [2.75, 3.05) is 0 Å². The first-order valence-electron chi connectivity index (χ1n) is 5.22. The van der Waals surface area contributed by atoms with Gasteiger partial charge in [0.1, 0.15) is 0 Å². The molecular formula is C10H11N3O3. The van der Waals surface area contributed by atoms with Crippen molar-refractivity contribution in [3.63, 3.8) is 0 Å². The predicted octanol–water partition coefficient (Wildman–Crippen LogP) is -0.623. The Hall–Kier alpha value is -1.85. The van der Waals surface area contributed by atoms with Gasteiger partial charge in [-0.25, -0.2) is 10.2 Å². The van der Waals surface area contributed by atoms with E-state index in [4.69, 9.17) is 5.73 Å². The number of carbonyl (C=O) groups excluding carboxylic acids is 3. The highest BCUT2D eigenvalue weighted by Crippen LogP contribution is 2.52. The Morgan fingerprint density at radius 1 is 1.25 bits per heavy atom. The number of fused-ring (bicyclic) bond motifs is 5. The zero-order valence-corrected chi connectivity index (χ0v) is 8.42. The van der Waals surface area contributed by atoms with Crippen LogP contribution in [0.5, 0.6) is 0 Å². The first-order valence-corrected chi connectivity index (χ1v) is 5.22. The van der Waals surface area contributed by atoms with E-state index in [0.717, 1.165) is 11.4 Å². The molecule has 0 unspecified atom stereocenters. The lowest BCUT2D eigenvalue weighted by Crippen LogP contribution is -2.49. The van der Waals surface area contributed by atoms with Crippen molar-refractivity contribution in [3.8, 4) is 0 Å². The van der Waals surface area contributed by atoms with Crippen LogP contribution in [0.2, 0.25) is 0 Å². The number of nitrogens with zero attached hydrogens (tertiary/aromatic N) is 1. The van der Waals surface area contributed by atoms with Gasteiger partial charge in [0.25, 0.3) is 11.8 Å². The van der Waals surface area contributed by atoms with Gasteiger partial charge in [-0.05, 0) is 18.3 Å². The van der Waals surface area contributed by atoms with E-state index in [9.17, 15) is 14.4 Å². The van der Waals surface area contributed by atoms with Crippen LogP contribution in [0.1, 0.15) is 6.42 Å². The molecular weight excluding hydrogens is 210 g/mol. The summed E-state index contributed by atoms with van der Waals surface area (Å²) in [6, 6.07) is -0.887. The quantitative estimate of drug-likeness (QED) is 0.456. The van der Waals surface area contributed by atoms with Crippen molar-refractivity contribution in [1.82, 2.24) is 10.4 Å². The van der Waals surface area contributed by atoms with E-state index in [1.165, 1.54) is 0 Å². The molecule has 1 aliphatic heterocycles. The molecule has 2 aliphatic carbocycles. The van der Waals surface area contributed by atoms with Crippen LogP contribution >= 0.6 is 0 Å². The molecule has 0 spiro atoms. The van der Waals surface area contributed by atoms with Crippen LogP contribution in [0.3, 0.4) is 0 Å². The molecule has 3 rings (SSSR count). The van der Waals surface area contributed by atoms with Crippen molar-refractivity contribution in [3.05, 3.63) is 12.2 Å². The molecule has 0 aromatic carbocycles. The zero-order chi connectivity index (χ0) is 11.4. The summed E-state index contributed by atoms with van der Waals surface area (Å²) in [6.45, 7) is 0. The highest BCUT2D eigenvalue weighted by molar-refractivity contribution is 6.07. The maximum Gasteiger partial charge on any atom is 0.331 e. The number of carbonyl (C=O) groups is 3. The number of allylic oxidation sites excluding steroid dienone is 2. The summed E-state index contributed by atoms with van der Waals surface area (Å²) < 4.78 is 0. The molecule has 6 nitrogen and oxygen atoms in total. The van der Waals surface area contributed by atoms with Crippen LogP contribution < -0.4 is 11.2 Å². The average Bonchev–Trinajstić information content (AvgIpc) is 2.87. The SMILES string of the molecule is NC(=O)NN1C(=O)[C@@H]2[C@H](C1=O)[C@H]1C=C[C@H]2C1. The van der Waals surface area contributed by atoms with E-state index >= 15 is 0 Å². The van der Waals surface area contributed by atoms with Crippen molar-refractivity contribution in [2.45, 2.75) is 6.42 Å². The van der Waals surface area contributed by atoms with Gasteiger partial charge in [0.15, 0.2) is 0 Å². The molecule has 2 bridgehead atoms. The maximum atomic E-state index is 11.9. The Kier molecular flexibility index (Phi) is 1.66. The molecule has 0 radical (unpaired) electrons. The third kappa shape index (κ3) is 0.986. The molecule has 4 atom stereocenters. The standard InChI is InChI=1S/C10H11N3O3/c11-10(16)12-13-8(14)6-4-1-2-5(3-4)7(6)9(13)15/h1-2,4-7H,3H2,(H3,11,12,16)/t4-,5-,6-,7+/m0/s1. The van der Waals surface area contributed by atoms with Crippen LogP contribution in [-0.2, 0) is 9.59 Å². The first-order chi connectivity index (χ1) is 7.59. The normalized spacial score (nSPS) is 39.4. The van der Waals surface area contributed by atoms with Crippen LogP contribution in [0, 0.1) is 23.7 Å². The molecule has 0 aromatic heterocycles. The van der Waals surface area contributed by atoms with Gasteiger partial charge in [0, 0.05) is 0 Å². The summed E-state index contributed by atoms with van der Waals surface area (Å²) in [4.78, 5) is 34.5. The fourth-order valence-electron chi connectivity index (χ4n) is 3.12. The number of nitrogens with two attached hydrogens (primary N) is 1. The Labute approximate surface area is 91.4 Å². The number of urea groups is 1. The number of primary amides is 1. The Morgan fingerprint density at radius 3 is 2.19 bits per heavy atom. The number of rotatable bonds is 1. The lowest BCUT2D eigenvalue weighted by atomic mass is 9.85. The van der Waals surface area contributed by atoms with Gasteiger partial charge < -0.3 is 5.73 Å². The number of hydrogen-bond donors (Lipinski definition) is 2. The lowest BCUT2D eigenvalue weighted by Gasteiger charge is -2.16. The molecule has 4 amide bonds. The number of hydrogen-bond acceptors (Lipinski definition) is 3. The number of imide groups is 1. The largest absolute Gasteiger partial charge is 0.350 e. The molecule has 3 N–H and O–H groups in total. The molecule has 6 heteroatoms. The fourth-order valence-corrected chi connectivity index (χ4v) is 3.12. The Morgan fingerprint density at radius 2 is 1.75 bits per heavy atom. The summed E-state index contributed by atoms with van der Waals surface area (Å²) >= 11 is 0. The number of hydrazine groups is 1. The van der Waals surface area contributed by atoms with Crippen molar-refractivity contribution >= 4 is 17.8 Å². The molecule has 2 fully saturated rings. The van der Waals surface area contributed by atoms with Crippen LogP contribution in [0.25, 0.3) is 0 Å². The summed E-state index contributed by atoms with van der Waals surface area (Å²) in [5.74, 6) is -0.961. The van der Waals surface area contributed by atoms with Crippen LogP contribution in [-0.4, -0.2) is 22.9 Å². The third-order valence-corrected chi connectivity index (χ3v) is 3.69. The second-order valence-electron chi connectivity index (χ2n) is 4.49. The van der Waals surface area contributed by atoms with E-state index in [1.54, 1.807) is 0 Å². The summed E-state index contributed by atoms with van der Waals surface area (Å²) in [5.41, 5.74) is 7.00. The van der Waals surface area contributed by atoms with E-state index in [-0.39, 0.29) is 35.5 Å². The van der Waals surface area contributed by atoms with Crippen LogP contribution in [0.15, 0.2) is 12.2 Å². The topological polar surface area (TPSA) is 92.5 Å². The molecule has 3 aliphatic rings. The zero-order valence-electron chi connectivity index (χ0n) is 8.42. The molecule has 84 valence electrons. The smallest absolute Gasteiger partial charge is 0.331 e. The van der Waals surface area contributed by atoms with Gasteiger partial charge in [-0.15, -0.1) is 0 Å². The van der Waals surface area contributed by atoms with Crippen LogP contribution in [0.4, 0.5) is 4.79 Å². The maximum absolute atomic E-state index is 11.9. The third-order valence-electron chi connectivity index (χ3n) is 3.69. The Balaban J connectivity index is 1.91. The molecule has 1 saturated heterocycles. The van der Waals surface area contributed by atoms with Gasteiger partial charge in [0.2, 0.25) is 0 Å². The van der Waals surface area contributed by atoms with E-state index in [0.29, 0.717) is 0 Å². The Bertz CT molecular complexity index is 401. The van der Waals surface area contributed by atoms with Crippen molar-refractivity contribution in [1.29, 1.82) is 0 Å². The minimum atomic E-state index is -0.887. The molecule has 1 saturated carbocycles. The van der Waals surface area contributed by atoms with Crippen molar-refractivity contribution in [2.24, 2.45) is 29.4 Å². The van der Waals surface area contributed by atoms with E-state index < -0.39 is 6.03 Å². The summed E-state index contributed by atoms with van der Waals surface area (Å²) in [5, 5.41) is 0.782. The lowest BCUT2D eigenvalue weighted by molar-refractivity contribution is -0.143. The minimum absolute atomic E-state index is 0.145. The van der Waals surface area contributed by atoms with Gasteiger partial charge in [0.05, 0.1) is 11.8 Å². The second kappa shape index (κ2) is 2.84. The highest BCUT2D eigenvalue weighted by atomic mass is 16.2. The number of amides is 4. The van der Waals surface area contributed by atoms with E-state index in [1.807, 2.05) is 12.2 Å². The predicted molar refractivity (Wildman–Crippen MR) is 52.3 cm³/mol. The molecule has 16 heavy (non-hydrogen) atoms. The van der Waals surface area contributed by atoms with Gasteiger partial charge in [-0.2, -0.15) is 5.01 Å². The van der Waals surface area contributed by atoms with Gasteiger partial charge >= 0.3 is 6.03 Å². The number of nitrogens with one attached hydrogen (secondary N) is 1. The summed E-state index contributed by atoms with van der Waals surface area (Å²) in [6.07, 6.45) is 4.85. The molecule has 0 aromatic rings. The second-order valence-corrected chi connectivity index (χ2v) is 4.49. The fraction of sp³-hybridized carbons (Fsp3) is 0.500. The first kappa shape index (κ1) is 9.38. The summed E-state index contributed by atoms with van der Waals surface area (Å²) in [7, 11) is 0. The van der Waals surface area contributed by atoms with E-state index in [2.05, 4.69) is 5.43 Å². The molecule has 1 heterocycles. The average molecular weight is 221 g/mol. The van der Waals surface area contributed by atoms with Gasteiger partial charge in [-0.3, -0.25) is 9.59 Å². The van der Waals surface area contributed by atoms with Gasteiger partial charge in [-0.1, -0.05) is 12.2 Å². The monoisotopic (exact) mass is 221 g/mol. The highest BCUT2D eigenvalue weighted by Gasteiger charge is 2.59. The minimum Gasteiger partial charge on any atom is -0.350 e.